The van der Waals surface area contributed by atoms with E-state index in [1.165, 1.54) is 4.90 Å². The van der Waals surface area contributed by atoms with Crippen LogP contribution < -0.4 is 26.6 Å². The molecule has 0 unspecified atom stereocenters. The quantitative estimate of drug-likeness (QED) is 0.401. The van der Waals surface area contributed by atoms with Gasteiger partial charge in [-0.15, -0.1) is 0 Å². The Bertz CT molecular complexity index is 1350. The van der Waals surface area contributed by atoms with E-state index in [4.69, 9.17) is 11.5 Å². The highest BCUT2D eigenvalue weighted by Gasteiger charge is 2.37. The number of amides is 3. The number of nitrogens with zero attached hydrogens (tertiary/aromatic N) is 3. The topological polar surface area (TPSA) is 135 Å². The summed E-state index contributed by atoms with van der Waals surface area (Å²) < 4.78 is 4.02. The molecule has 1 aliphatic carbocycles. The van der Waals surface area contributed by atoms with Gasteiger partial charge in [-0.25, -0.2) is 0 Å². The van der Waals surface area contributed by atoms with Crippen LogP contribution in [0.4, 0.5) is 17.1 Å². The minimum atomic E-state index is -0.986. The number of rotatable bonds is 8. The Labute approximate surface area is 227 Å². The van der Waals surface area contributed by atoms with E-state index in [9.17, 15) is 14.4 Å². The van der Waals surface area contributed by atoms with Gasteiger partial charge in [-0.05, 0) is 79.2 Å². The number of aromatic nitrogens is 1. The molecular weight excluding hydrogens is 500 g/mol. The molecule has 10 heteroatoms. The van der Waals surface area contributed by atoms with Crippen LogP contribution in [0.25, 0.3) is 0 Å². The van der Waals surface area contributed by atoms with Gasteiger partial charge in [-0.1, -0.05) is 31.0 Å². The second-order valence-corrected chi connectivity index (χ2v) is 10.7. The summed E-state index contributed by atoms with van der Waals surface area (Å²) in [6, 6.07) is 12.2. The number of anilines is 3. The molecule has 1 aliphatic rings. The van der Waals surface area contributed by atoms with Gasteiger partial charge in [0.05, 0.1) is 5.69 Å². The number of benzene rings is 2. The molecule has 2 aromatic carbocycles. The van der Waals surface area contributed by atoms with Crippen LogP contribution in [0, 0.1) is 13.8 Å². The van der Waals surface area contributed by atoms with E-state index < -0.39 is 17.9 Å². The van der Waals surface area contributed by atoms with Crippen molar-refractivity contribution in [3.05, 3.63) is 69.7 Å². The molecule has 1 aromatic heterocycles. The first-order valence-electron chi connectivity index (χ1n) is 12.6. The van der Waals surface area contributed by atoms with Gasteiger partial charge in [0.2, 0.25) is 5.91 Å². The van der Waals surface area contributed by atoms with Gasteiger partial charge < -0.3 is 21.7 Å². The summed E-state index contributed by atoms with van der Waals surface area (Å²) in [5.41, 5.74) is 15.5. The minimum Gasteiger partial charge on any atom is -0.395 e. The standard InChI is InChI=1S/C28H34N6O3S/c1-16-9-12-21(15-17(16)2)34(28(37)25-22(29)23(26(30)35)32-38-25)24(27(36)31-19-7-5-6-8-19)18-10-13-20(14-11-18)33(3)4/h9-15,19,24H,5-8,29H2,1-4H3,(H2,30,35)(H,31,36)/t24-/m1/s1. The van der Waals surface area contributed by atoms with Crippen LogP contribution in [0.15, 0.2) is 42.5 Å². The minimum absolute atomic E-state index is 0.0534. The molecule has 4 rings (SSSR count). The number of aryl methyl sites for hydroxylation is 2. The van der Waals surface area contributed by atoms with Crippen LogP contribution in [-0.4, -0.2) is 42.2 Å². The lowest BCUT2D eigenvalue weighted by Crippen LogP contribution is -2.46. The molecule has 0 aliphatic heterocycles. The third-order valence-corrected chi connectivity index (χ3v) is 7.93. The van der Waals surface area contributed by atoms with Gasteiger partial charge in [0.1, 0.15) is 10.9 Å². The van der Waals surface area contributed by atoms with E-state index in [0.717, 1.165) is 54.0 Å². The molecule has 5 N–H and O–H groups in total. The Hall–Kier alpha value is -3.92. The molecule has 9 nitrogen and oxygen atoms in total. The highest BCUT2D eigenvalue weighted by molar-refractivity contribution is 7.09. The maximum absolute atomic E-state index is 14.2. The molecule has 0 radical (unpaired) electrons. The largest absolute Gasteiger partial charge is 0.395 e. The van der Waals surface area contributed by atoms with E-state index in [2.05, 4.69) is 9.69 Å². The molecule has 3 aromatic rings. The van der Waals surface area contributed by atoms with Crippen molar-refractivity contribution in [2.24, 2.45) is 5.73 Å². The second-order valence-electron chi connectivity index (χ2n) is 9.96. The first-order valence-corrected chi connectivity index (χ1v) is 13.4. The second kappa shape index (κ2) is 11.2. The average molecular weight is 535 g/mol. The highest BCUT2D eigenvalue weighted by atomic mass is 32.1. The van der Waals surface area contributed by atoms with Crippen molar-refractivity contribution in [1.29, 1.82) is 0 Å². The van der Waals surface area contributed by atoms with Crippen LogP contribution >= 0.6 is 11.5 Å². The molecule has 3 amide bonds. The fraction of sp³-hybridized carbons (Fsp3) is 0.357. The summed E-state index contributed by atoms with van der Waals surface area (Å²) in [4.78, 5) is 43.5. The Morgan fingerprint density at radius 3 is 2.18 bits per heavy atom. The van der Waals surface area contributed by atoms with Gasteiger partial charge in [0, 0.05) is 31.5 Å². The highest BCUT2D eigenvalue weighted by Crippen LogP contribution is 2.35. The summed E-state index contributed by atoms with van der Waals surface area (Å²) in [5.74, 6) is -1.62. The van der Waals surface area contributed by atoms with Crippen molar-refractivity contribution in [3.8, 4) is 0 Å². The molecule has 200 valence electrons. The lowest BCUT2D eigenvalue weighted by atomic mass is 10.00. The molecule has 1 fully saturated rings. The zero-order valence-corrected chi connectivity index (χ0v) is 23.0. The summed E-state index contributed by atoms with van der Waals surface area (Å²) in [7, 11) is 3.88. The fourth-order valence-corrected chi connectivity index (χ4v) is 5.46. The van der Waals surface area contributed by atoms with E-state index in [1.54, 1.807) is 0 Å². The molecule has 0 bridgehead atoms. The normalized spacial score (nSPS) is 14.2. The lowest BCUT2D eigenvalue weighted by molar-refractivity contribution is -0.123. The van der Waals surface area contributed by atoms with E-state index >= 15 is 0 Å². The van der Waals surface area contributed by atoms with Crippen molar-refractivity contribution in [2.75, 3.05) is 29.6 Å². The predicted molar refractivity (Wildman–Crippen MR) is 152 cm³/mol. The SMILES string of the molecule is Cc1ccc(N(C(=O)c2snc(C(N)=O)c2N)[C@@H](C(=O)NC2CCCC2)c2ccc(N(C)C)cc2)cc1C. The molecule has 1 saturated carbocycles. The number of primary amides is 1. The maximum atomic E-state index is 14.2. The van der Waals surface area contributed by atoms with E-state index in [1.807, 2.05) is 75.3 Å². The Morgan fingerprint density at radius 1 is 1.00 bits per heavy atom. The van der Waals surface area contributed by atoms with Crippen LogP contribution in [0.2, 0.25) is 0 Å². The van der Waals surface area contributed by atoms with Crippen molar-refractivity contribution < 1.29 is 14.4 Å². The smallest absolute Gasteiger partial charge is 0.273 e. The molecule has 38 heavy (non-hydrogen) atoms. The first kappa shape index (κ1) is 27.1. The number of nitrogens with one attached hydrogen (secondary N) is 1. The van der Waals surface area contributed by atoms with Gasteiger partial charge in [0.25, 0.3) is 11.8 Å². The van der Waals surface area contributed by atoms with Crippen molar-refractivity contribution in [2.45, 2.75) is 51.6 Å². The summed E-state index contributed by atoms with van der Waals surface area (Å²) in [5, 5.41) is 3.17. The number of carbonyl (C=O) groups is 3. The lowest BCUT2D eigenvalue weighted by Gasteiger charge is -2.32. The predicted octanol–water partition coefficient (Wildman–Crippen LogP) is 3.95. The van der Waals surface area contributed by atoms with E-state index in [0.29, 0.717) is 11.3 Å². The van der Waals surface area contributed by atoms with Crippen LogP contribution in [0.1, 0.15) is 68.6 Å². The van der Waals surface area contributed by atoms with Crippen LogP contribution in [0.5, 0.6) is 0 Å². The van der Waals surface area contributed by atoms with Crippen molar-refractivity contribution in [1.82, 2.24) is 9.69 Å². The van der Waals surface area contributed by atoms with Crippen molar-refractivity contribution in [3.63, 3.8) is 0 Å². The summed E-state index contributed by atoms with van der Waals surface area (Å²) in [6.07, 6.45) is 3.92. The summed E-state index contributed by atoms with van der Waals surface area (Å²) >= 11 is 0.801. The average Bonchev–Trinajstić information content (AvgIpc) is 3.53. The number of nitrogens with two attached hydrogens (primary N) is 2. The molecule has 1 atom stereocenters. The molecule has 0 spiro atoms. The number of nitrogen functional groups attached to an aromatic ring is 1. The van der Waals surface area contributed by atoms with Crippen molar-refractivity contribution >= 4 is 46.3 Å². The Balaban J connectivity index is 1.87. The monoisotopic (exact) mass is 534 g/mol. The number of hydrogen-bond acceptors (Lipinski definition) is 7. The zero-order valence-electron chi connectivity index (χ0n) is 22.2. The zero-order chi connectivity index (χ0) is 27.6. The van der Waals surface area contributed by atoms with Gasteiger partial charge in [-0.2, -0.15) is 4.37 Å². The molecular formula is C28H34N6O3S. The van der Waals surface area contributed by atoms with Crippen LogP contribution in [-0.2, 0) is 4.79 Å². The van der Waals surface area contributed by atoms with E-state index in [-0.39, 0.29) is 28.2 Å². The first-order chi connectivity index (χ1) is 18.1. The molecule has 1 heterocycles. The number of hydrogen-bond donors (Lipinski definition) is 3. The Morgan fingerprint density at radius 2 is 1.63 bits per heavy atom. The van der Waals surface area contributed by atoms with Gasteiger partial charge >= 0.3 is 0 Å². The van der Waals surface area contributed by atoms with Crippen LogP contribution in [0.3, 0.4) is 0 Å². The Kier molecular flexibility index (Phi) is 8.01. The fourth-order valence-electron chi connectivity index (χ4n) is 4.72. The molecule has 0 saturated heterocycles. The van der Waals surface area contributed by atoms with Gasteiger partial charge in [0.15, 0.2) is 5.69 Å². The third-order valence-electron chi connectivity index (χ3n) is 7.08. The number of carbonyl (C=O) groups excluding carboxylic acids is 3. The third kappa shape index (κ3) is 5.50. The van der Waals surface area contributed by atoms with Gasteiger partial charge in [-0.3, -0.25) is 19.3 Å². The maximum Gasteiger partial charge on any atom is 0.273 e. The summed E-state index contributed by atoms with van der Waals surface area (Å²) in [6.45, 7) is 3.93.